The van der Waals surface area contributed by atoms with Crippen LogP contribution in [0.1, 0.15) is 59.8 Å². The molecular weight excluding hydrogens is 196 g/mol. The molecule has 1 fully saturated rings. The van der Waals surface area contributed by atoms with E-state index in [1.165, 1.54) is 18.4 Å². The molecule has 0 aromatic rings. The first-order chi connectivity index (χ1) is 7.39. The molecule has 1 N–H and O–H groups in total. The molecule has 0 aromatic heterocycles. The Morgan fingerprint density at radius 2 is 2.06 bits per heavy atom. The summed E-state index contributed by atoms with van der Waals surface area (Å²) in [4.78, 5) is 0. The lowest BCUT2D eigenvalue weighted by atomic mass is 9.67. The summed E-state index contributed by atoms with van der Waals surface area (Å²) in [6.45, 7) is 9.03. The van der Waals surface area contributed by atoms with Crippen molar-refractivity contribution in [1.82, 2.24) is 0 Å². The van der Waals surface area contributed by atoms with Gasteiger partial charge in [0.05, 0.1) is 5.60 Å². The van der Waals surface area contributed by atoms with E-state index in [4.69, 9.17) is 0 Å². The lowest BCUT2D eigenvalue weighted by Gasteiger charge is -2.43. The van der Waals surface area contributed by atoms with Crippen molar-refractivity contribution in [2.24, 2.45) is 17.3 Å². The van der Waals surface area contributed by atoms with Crippen LogP contribution in [0.5, 0.6) is 0 Å². The van der Waals surface area contributed by atoms with Gasteiger partial charge in [-0.2, -0.15) is 0 Å². The summed E-state index contributed by atoms with van der Waals surface area (Å²) in [5.41, 5.74) is 1.17. The number of allylic oxidation sites excluding steroid dienone is 2. The van der Waals surface area contributed by atoms with E-state index in [0.717, 1.165) is 19.3 Å². The second-order valence-electron chi connectivity index (χ2n) is 6.63. The van der Waals surface area contributed by atoms with Gasteiger partial charge < -0.3 is 5.11 Å². The predicted molar refractivity (Wildman–Crippen MR) is 68.2 cm³/mol. The average molecular weight is 222 g/mol. The Hall–Kier alpha value is -0.300. The molecule has 0 heterocycles. The lowest BCUT2D eigenvalue weighted by Crippen LogP contribution is -2.47. The summed E-state index contributed by atoms with van der Waals surface area (Å²) < 4.78 is 0. The highest BCUT2D eigenvalue weighted by Crippen LogP contribution is 2.57. The van der Waals surface area contributed by atoms with E-state index in [9.17, 15) is 5.11 Å². The van der Waals surface area contributed by atoms with Gasteiger partial charge in [-0.3, -0.25) is 0 Å². The molecule has 0 spiro atoms. The first-order valence-electron chi connectivity index (χ1n) is 6.77. The van der Waals surface area contributed by atoms with Gasteiger partial charge in [-0.1, -0.05) is 32.4 Å². The molecule has 1 nitrogen and oxygen atoms in total. The van der Waals surface area contributed by atoms with Gasteiger partial charge in [0.1, 0.15) is 0 Å². The van der Waals surface area contributed by atoms with Crippen LogP contribution >= 0.6 is 0 Å². The zero-order valence-corrected chi connectivity index (χ0v) is 11.2. The highest BCUT2D eigenvalue weighted by Gasteiger charge is 2.56. The SMILES string of the molecule is CC1=CC[C@]2(C)CC[C@H](C(C)C)[C@@]2(O)CC1. The maximum absolute atomic E-state index is 11.2. The van der Waals surface area contributed by atoms with Crippen LogP contribution in [0.2, 0.25) is 0 Å². The summed E-state index contributed by atoms with van der Waals surface area (Å²) >= 11 is 0. The summed E-state index contributed by atoms with van der Waals surface area (Å²) in [7, 11) is 0. The molecule has 0 saturated heterocycles. The van der Waals surface area contributed by atoms with Crippen molar-refractivity contribution in [2.75, 3.05) is 0 Å². The third-order valence-corrected chi connectivity index (χ3v) is 5.27. The van der Waals surface area contributed by atoms with Gasteiger partial charge in [0.15, 0.2) is 0 Å². The fourth-order valence-electron chi connectivity index (χ4n) is 3.92. The van der Waals surface area contributed by atoms with Gasteiger partial charge in [-0.15, -0.1) is 0 Å². The van der Waals surface area contributed by atoms with Crippen molar-refractivity contribution in [1.29, 1.82) is 0 Å². The number of aliphatic hydroxyl groups is 1. The Balaban J connectivity index is 2.32. The van der Waals surface area contributed by atoms with Crippen molar-refractivity contribution in [3.63, 3.8) is 0 Å². The van der Waals surface area contributed by atoms with E-state index in [2.05, 4.69) is 33.8 Å². The summed E-state index contributed by atoms with van der Waals surface area (Å²) in [6.07, 6.45) is 7.87. The van der Waals surface area contributed by atoms with Crippen molar-refractivity contribution in [2.45, 2.75) is 65.4 Å². The summed E-state index contributed by atoms with van der Waals surface area (Å²) in [5.74, 6) is 1.10. The third-order valence-electron chi connectivity index (χ3n) is 5.27. The minimum Gasteiger partial charge on any atom is -0.389 e. The molecule has 2 aliphatic carbocycles. The predicted octanol–water partition coefficient (Wildman–Crippen LogP) is 3.92. The van der Waals surface area contributed by atoms with Crippen LogP contribution in [0.4, 0.5) is 0 Å². The Morgan fingerprint density at radius 1 is 1.38 bits per heavy atom. The number of fused-ring (bicyclic) bond motifs is 1. The molecule has 0 aromatic carbocycles. The second-order valence-corrected chi connectivity index (χ2v) is 6.63. The van der Waals surface area contributed by atoms with E-state index in [1.54, 1.807) is 0 Å². The van der Waals surface area contributed by atoms with Gasteiger partial charge in [-0.05, 0) is 50.9 Å². The van der Waals surface area contributed by atoms with E-state index in [0.29, 0.717) is 11.8 Å². The van der Waals surface area contributed by atoms with E-state index in [1.807, 2.05) is 0 Å². The van der Waals surface area contributed by atoms with Gasteiger partial charge in [0.2, 0.25) is 0 Å². The number of hydrogen-bond donors (Lipinski definition) is 1. The van der Waals surface area contributed by atoms with Crippen LogP contribution in [0, 0.1) is 17.3 Å². The Morgan fingerprint density at radius 3 is 2.69 bits per heavy atom. The molecule has 2 rings (SSSR count). The lowest BCUT2D eigenvalue weighted by molar-refractivity contribution is -0.0975. The molecule has 16 heavy (non-hydrogen) atoms. The topological polar surface area (TPSA) is 20.2 Å². The van der Waals surface area contributed by atoms with Crippen LogP contribution in [-0.2, 0) is 0 Å². The number of rotatable bonds is 1. The Bertz CT molecular complexity index is 305. The van der Waals surface area contributed by atoms with Crippen molar-refractivity contribution < 1.29 is 5.11 Å². The van der Waals surface area contributed by atoms with E-state index < -0.39 is 5.60 Å². The molecule has 2 aliphatic rings. The first kappa shape index (κ1) is 12.2. The Kier molecular flexibility index (Phi) is 2.94. The molecule has 0 amide bonds. The van der Waals surface area contributed by atoms with Gasteiger partial charge >= 0.3 is 0 Å². The standard InChI is InChI=1S/C15H26O/c1-11(2)13-7-9-14(4)8-5-12(3)6-10-15(13,14)16/h5,11,13,16H,6-10H2,1-4H3/t13-,14-,15+/m1/s1. The van der Waals surface area contributed by atoms with Crippen LogP contribution in [0.3, 0.4) is 0 Å². The maximum Gasteiger partial charge on any atom is 0.0737 e. The summed E-state index contributed by atoms with van der Waals surface area (Å²) in [6, 6.07) is 0. The molecule has 1 heteroatoms. The highest BCUT2D eigenvalue weighted by atomic mass is 16.3. The van der Waals surface area contributed by atoms with Crippen LogP contribution in [-0.4, -0.2) is 10.7 Å². The average Bonchev–Trinajstić information content (AvgIpc) is 2.41. The maximum atomic E-state index is 11.2. The highest BCUT2D eigenvalue weighted by molar-refractivity contribution is 5.15. The quantitative estimate of drug-likeness (QED) is 0.667. The van der Waals surface area contributed by atoms with Crippen molar-refractivity contribution in [3.8, 4) is 0 Å². The third kappa shape index (κ3) is 1.64. The fourth-order valence-corrected chi connectivity index (χ4v) is 3.92. The normalized spacial score (nSPS) is 44.1. The smallest absolute Gasteiger partial charge is 0.0737 e. The van der Waals surface area contributed by atoms with Gasteiger partial charge in [-0.25, -0.2) is 0 Å². The molecule has 0 unspecified atom stereocenters. The van der Waals surface area contributed by atoms with E-state index >= 15 is 0 Å². The minimum atomic E-state index is -0.421. The fraction of sp³-hybridized carbons (Fsp3) is 0.867. The molecule has 0 aliphatic heterocycles. The van der Waals surface area contributed by atoms with Crippen molar-refractivity contribution >= 4 is 0 Å². The zero-order valence-electron chi connectivity index (χ0n) is 11.2. The largest absolute Gasteiger partial charge is 0.389 e. The first-order valence-corrected chi connectivity index (χ1v) is 6.77. The minimum absolute atomic E-state index is 0.125. The molecule has 92 valence electrons. The second kappa shape index (κ2) is 3.87. The van der Waals surface area contributed by atoms with Crippen LogP contribution < -0.4 is 0 Å². The monoisotopic (exact) mass is 222 g/mol. The van der Waals surface area contributed by atoms with Crippen LogP contribution in [0.25, 0.3) is 0 Å². The van der Waals surface area contributed by atoms with Gasteiger partial charge in [0, 0.05) is 5.41 Å². The zero-order chi connectivity index (χ0) is 12.0. The molecule has 1 saturated carbocycles. The molecule has 0 bridgehead atoms. The summed E-state index contributed by atoms with van der Waals surface area (Å²) in [5, 5.41) is 11.2. The molecule has 0 radical (unpaired) electrons. The molecule has 3 atom stereocenters. The number of hydrogen-bond acceptors (Lipinski definition) is 1. The van der Waals surface area contributed by atoms with Crippen LogP contribution in [0.15, 0.2) is 11.6 Å². The van der Waals surface area contributed by atoms with Gasteiger partial charge in [0.25, 0.3) is 0 Å². The van der Waals surface area contributed by atoms with Crippen molar-refractivity contribution in [3.05, 3.63) is 11.6 Å². The Labute approximate surface area is 99.9 Å². The molecular formula is C15H26O. The van der Waals surface area contributed by atoms with E-state index in [-0.39, 0.29) is 5.41 Å².